The van der Waals surface area contributed by atoms with E-state index in [9.17, 15) is 4.79 Å². The van der Waals surface area contributed by atoms with Gasteiger partial charge in [-0.1, -0.05) is 0 Å². The molecule has 9 nitrogen and oxygen atoms in total. The van der Waals surface area contributed by atoms with Crippen molar-refractivity contribution in [1.29, 1.82) is 0 Å². The first-order valence-corrected chi connectivity index (χ1v) is 9.14. The smallest absolute Gasteiger partial charge is 0.255 e. The Morgan fingerprint density at radius 3 is 2.85 bits per heavy atom. The second-order valence-corrected chi connectivity index (χ2v) is 7.25. The molecular formula is C18H25N7O2. The minimum absolute atomic E-state index is 0.0860. The Morgan fingerprint density at radius 2 is 2.11 bits per heavy atom. The summed E-state index contributed by atoms with van der Waals surface area (Å²) in [6.07, 6.45) is 4.11. The highest BCUT2D eigenvalue weighted by molar-refractivity contribution is 5.46. The monoisotopic (exact) mass is 371 g/mol. The summed E-state index contributed by atoms with van der Waals surface area (Å²) < 4.78 is 5.65. The van der Waals surface area contributed by atoms with Crippen LogP contribution in [-0.4, -0.2) is 77.8 Å². The first-order chi connectivity index (χ1) is 13.1. The number of likely N-dealkylation sites (N-methyl/N-ethyl adjacent to an activating group) is 1. The molecule has 1 fully saturated rings. The van der Waals surface area contributed by atoms with E-state index in [2.05, 4.69) is 38.8 Å². The van der Waals surface area contributed by atoms with Gasteiger partial charge >= 0.3 is 0 Å². The van der Waals surface area contributed by atoms with Crippen LogP contribution in [0.15, 0.2) is 23.4 Å². The number of aromatic nitrogens is 4. The van der Waals surface area contributed by atoms with Gasteiger partial charge in [-0.3, -0.25) is 4.79 Å². The molecule has 0 radical (unpaired) electrons. The molecule has 2 aliphatic rings. The first kappa shape index (κ1) is 17.9. The summed E-state index contributed by atoms with van der Waals surface area (Å²) in [5.74, 6) is 1.53. The molecule has 1 N–H and O–H groups in total. The maximum atomic E-state index is 12.1. The van der Waals surface area contributed by atoms with Gasteiger partial charge in [0, 0.05) is 39.4 Å². The number of aromatic amines is 1. The molecule has 0 amide bonds. The van der Waals surface area contributed by atoms with E-state index in [4.69, 9.17) is 9.72 Å². The summed E-state index contributed by atoms with van der Waals surface area (Å²) >= 11 is 0. The third-order valence-electron chi connectivity index (χ3n) is 5.44. The molecule has 0 spiro atoms. The molecule has 2 aliphatic heterocycles. The van der Waals surface area contributed by atoms with Gasteiger partial charge in [-0.05, 0) is 20.2 Å². The van der Waals surface area contributed by atoms with Crippen molar-refractivity contribution in [2.45, 2.75) is 25.1 Å². The van der Waals surface area contributed by atoms with Gasteiger partial charge in [0.1, 0.15) is 5.82 Å². The van der Waals surface area contributed by atoms with Crippen molar-refractivity contribution in [1.82, 2.24) is 24.8 Å². The van der Waals surface area contributed by atoms with E-state index >= 15 is 0 Å². The summed E-state index contributed by atoms with van der Waals surface area (Å²) in [6, 6.07) is 2.25. The molecule has 27 heavy (non-hydrogen) atoms. The molecule has 144 valence electrons. The Kier molecular flexibility index (Phi) is 4.79. The standard InChI is InChI=1S/C18H25N7O2/c1-23(2)14-9-25(10-15(14)27-3)16-4-6-19-18(22-16)24-7-5-13-12(8-24)17(26)21-11-20-13/h4,6,11,14-15H,5,7-10H2,1-3H3,(H,20,21,26)/t14-,15+/m0/s1. The van der Waals surface area contributed by atoms with Gasteiger partial charge in [0.25, 0.3) is 5.56 Å². The molecule has 4 heterocycles. The van der Waals surface area contributed by atoms with E-state index in [1.54, 1.807) is 13.3 Å². The number of nitrogens with zero attached hydrogens (tertiary/aromatic N) is 6. The zero-order valence-electron chi connectivity index (χ0n) is 15.9. The van der Waals surface area contributed by atoms with Gasteiger partial charge in [0.05, 0.1) is 36.3 Å². The predicted octanol–water partition coefficient (Wildman–Crippen LogP) is -0.112. The van der Waals surface area contributed by atoms with Crippen LogP contribution in [0, 0.1) is 0 Å². The number of hydrogen-bond donors (Lipinski definition) is 1. The molecule has 1 saturated heterocycles. The van der Waals surface area contributed by atoms with Gasteiger partial charge in [0.15, 0.2) is 0 Å². The summed E-state index contributed by atoms with van der Waals surface area (Å²) in [6.45, 7) is 2.87. The molecule has 2 aromatic rings. The lowest BCUT2D eigenvalue weighted by Crippen LogP contribution is -2.39. The van der Waals surface area contributed by atoms with Crippen LogP contribution < -0.4 is 15.4 Å². The van der Waals surface area contributed by atoms with Crippen LogP contribution in [0.2, 0.25) is 0 Å². The lowest BCUT2D eigenvalue weighted by atomic mass is 10.1. The van der Waals surface area contributed by atoms with E-state index in [1.807, 2.05) is 11.0 Å². The number of ether oxygens (including phenoxy) is 1. The van der Waals surface area contributed by atoms with Crippen molar-refractivity contribution in [3.63, 3.8) is 0 Å². The van der Waals surface area contributed by atoms with E-state index in [1.165, 1.54) is 6.33 Å². The number of H-pyrrole nitrogens is 1. The Labute approximate surface area is 158 Å². The maximum Gasteiger partial charge on any atom is 0.255 e. The second-order valence-electron chi connectivity index (χ2n) is 7.25. The molecule has 0 saturated carbocycles. The van der Waals surface area contributed by atoms with Gasteiger partial charge in [-0.25, -0.2) is 9.97 Å². The highest BCUT2D eigenvalue weighted by Crippen LogP contribution is 2.25. The molecule has 2 atom stereocenters. The molecule has 0 aromatic carbocycles. The number of hydrogen-bond acceptors (Lipinski definition) is 8. The highest BCUT2D eigenvalue weighted by atomic mass is 16.5. The number of fused-ring (bicyclic) bond motifs is 1. The van der Waals surface area contributed by atoms with E-state index in [0.29, 0.717) is 30.5 Å². The van der Waals surface area contributed by atoms with Crippen LogP contribution in [0.3, 0.4) is 0 Å². The molecular weight excluding hydrogens is 346 g/mol. The SMILES string of the molecule is CO[C@@H]1CN(c2ccnc(N3CCc4nc[nH]c(=O)c4C3)n2)C[C@@H]1N(C)C. The van der Waals surface area contributed by atoms with Crippen LogP contribution in [-0.2, 0) is 17.7 Å². The summed E-state index contributed by atoms with van der Waals surface area (Å²) in [7, 11) is 5.90. The lowest BCUT2D eigenvalue weighted by Gasteiger charge is -2.28. The Bertz CT molecular complexity index is 869. The van der Waals surface area contributed by atoms with E-state index in [0.717, 1.165) is 31.1 Å². The Hall–Kier alpha value is -2.52. The zero-order valence-corrected chi connectivity index (χ0v) is 15.9. The average molecular weight is 371 g/mol. The van der Waals surface area contributed by atoms with Crippen LogP contribution >= 0.6 is 0 Å². The quantitative estimate of drug-likeness (QED) is 0.796. The van der Waals surface area contributed by atoms with Crippen LogP contribution in [0.4, 0.5) is 11.8 Å². The third-order valence-corrected chi connectivity index (χ3v) is 5.44. The van der Waals surface area contributed by atoms with Crippen molar-refractivity contribution < 1.29 is 4.74 Å². The summed E-state index contributed by atoms with van der Waals surface area (Å²) in [5.41, 5.74) is 1.48. The van der Waals surface area contributed by atoms with Crippen molar-refractivity contribution >= 4 is 11.8 Å². The fraction of sp³-hybridized carbons (Fsp3) is 0.556. The summed E-state index contributed by atoms with van der Waals surface area (Å²) in [4.78, 5) is 34.7. The summed E-state index contributed by atoms with van der Waals surface area (Å²) in [5, 5.41) is 0. The minimum Gasteiger partial charge on any atom is -0.378 e. The number of nitrogens with one attached hydrogen (secondary N) is 1. The molecule has 2 aromatic heterocycles. The van der Waals surface area contributed by atoms with Crippen molar-refractivity contribution in [3.05, 3.63) is 40.2 Å². The Morgan fingerprint density at radius 1 is 1.26 bits per heavy atom. The van der Waals surface area contributed by atoms with Crippen LogP contribution in [0.25, 0.3) is 0 Å². The molecule has 4 rings (SSSR count). The van der Waals surface area contributed by atoms with E-state index < -0.39 is 0 Å². The first-order valence-electron chi connectivity index (χ1n) is 9.14. The van der Waals surface area contributed by atoms with Gasteiger partial charge in [-0.15, -0.1) is 0 Å². The second kappa shape index (κ2) is 7.24. The number of rotatable bonds is 4. The maximum absolute atomic E-state index is 12.1. The molecule has 0 aliphatic carbocycles. The largest absolute Gasteiger partial charge is 0.378 e. The van der Waals surface area contributed by atoms with Crippen LogP contribution in [0.1, 0.15) is 11.3 Å². The average Bonchev–Trinajstić information content (AvgIpc) is 3.13. The Balaban J connectivity index is 1.55. The van der Waals surface area contributed by atoms with Crippen molar-refractivity contribution in [2.75, 3.05) is 50.6 Å². The van der Waals surface area contributed by atoms with Gasteiger partial charge in [-0.2, -0.15) is 4.98 Å². The van der Waals surface area contributed by atoms with Crippen molar-refractivity contribution in [2.24, 2.45) is 0 Å². The highest BCUT2D eigenvalue weighted by Gasteiger charge is 2.35. The minimum atomic E-state index is -0.0860. The zero-order chi connectivity index (χ0) is 19.0. The van der Waals surface area contributed by atoms with Gasteiger partial charge < -0.3 is 24.4 Å². The normalized spacial score (nSPS) is 22.4. The van der Waals surface area contributed by atoms with Crippen LogP contribution in [0.5, 0.6) is 0 Å². The van der Waals surface area contributed by atoms with E-state index in [-0.39, 0.29) is 11.7 Å². The fourth-order valence-electron chi connectivity index (χ4n) is 3.86. The third kappa shape index (κ3) is 3.40. The molecule has 0 unspecified atom stereocenters. The predicted molar refractivity (Wildman–Crippen MR) is 102 cm³/mol. The number of anilines is 2. The van der Waals surface area contributed by atoms with Gasteiger partial charge in [0.2, 0.25) is 5.95 Å². The number of methoxy groups -OCH3 is 1. The van der Waals surface area contributed by atoms with Crippen molar-refractivity contribution in [3.8, 4) is 0 Å². The fourth-order valence-corrected chi connectivity index (χ4v) is 3.86. The molecule has 9 heteroatoms. The molecule has 0 bridgehead atoms. The topological polar surface area (TPSA) is 90.5 Å². The lowest BCUT2D eigenvalue weighted by molar-refractivity contribution is 0.0639.